The van der Waals surface area contributed by atoms with Crippen LogP contribution in [0, 0.1) is 6.92 Å². The average Bonchev–Trinajstić information content (AvgIpc) is 2.67. The Hall–Kier alpha value is -3.13. The summed E-state index contributed by atoms with van der Waals surface area (Å²) >= 11 is 0. The number of anilines is 1. The highest BCUT2D eigenvalue weighted by Gasteiger charge is 2.31. The number of rotatable bonds is 4. The van der Waals surface area contributed by atoms with Crippen molar-refractivity contribution in [1.29, 1.82) is 0 Å². The van der Waals surface area contributed by atoms with Gasteiger partial charge in [-0.3, -0.25) is 9.88 Å². The maximum Gasteiger partial charge on any atom is 0.416 e. The van der Waals surface area contributed by atoms with Gasteiger partial charge < -0.3 is 10.6 Å². The molecule has 1 fully saturated rings. The van der Waals surface area contributed by atoms with Crippen molar-refractivity contribution in [1.82, 2.24) is 15.2 Å². The van der Waals surface area contributed by atoms with Gasteiger partial charge in [0, 0.05) is 42.3 Å². The minimum Gasteiger partial charge on any atom is -0.333 e. The summed E-state index contributed by atoms with van der Waals surface area (Å²) in [5.41, 5.74) is 1.55. The maximum absolute atomic E-state index is 12.8. The van der Waals surface area contributed by atoms with Crippen molar-refractivity contribution in [2.24, 2.45) is 0 Å². The zero-order valence-electron chi connectivity index (χ0n) is 16.3. The number of hydrogen-bond donors (Lipinski definition) is 2. The third-order valence-corrected chi connectivity index (χ3v) is 5.21. The van der Waals surface area contributed by atoms with Crippen molar-refractivity contribution in [3.05, 3.63) is 71.5 Å². The molecule has 156 valence electrons. The van der Waals surface area contributed by atoms with Crippen LogP contribution >= 0.6 is 0 Å². The second kappa shape index (κ2) is 7.95. The Morgan fingerprint density at radius 1 is 1.13 bits per heavy atom. The number of pyridine rings is 1. The van der Waals surface area contributed by atoms with Crippen molar-refractivity contribution in [3.63, 3.8) is 0 Å². The number of likely N-dealkylation sites (tertiary alicyclic amines) is 1. The Kier molecular flexibility index (Phi) is 5.34. The van der Waals surface area contributed by atoms with E-state index >= 15 is 0 Å². The van der Waals surface area contributed by atoms with Crippen molar-refractivity contribution >= 4 is 22.5 Å². The van der Waals surface area contributed by atoms with Crippen LogP contribution in [0.4, 0.5) is 23.7 Å². The smallest absolute Gasteiger partial charge is 0.333 e. The number of aryl methyl sites for hydroxylation is 1. The van der Waals surface area contributed by atoms with E-state index in [2.05, 4.69) is 15.6 Å². The van der Waals surface area contributed by atoms with Crippen molar-refractivity contribution in [2.75, 3.05) is 18.4 Å². The van der Waals surface area contributed by atoms with Crippen LogP contribution in [0.15, 0.2) is 54.7 Å². The number of aromatic nitrogens is 1. The molecule has 8 heteroatoms. The predicted octanol–water partition coefficient (Wildman–Crippen LogP) is 4.57. The summed E-state index contributed by atoms with van der Waals surface area (Å²) in [6.45, 7) is 3.50. The van der Waals surface area contributed by atoms with E-state index in [0.717, 1.165) is 22.5 Å². The van der Waals surface area contributed by atoms with Crippen molar-refractivity contribution in [3.8, 4) is 0 Å². The number of hydrogen-bond acceptors (Lipinski definition) is 3. The third-order valence-electron chi connectivity index (χ3n) is 5.21. The highest BCUT2D eigenvalue weighted by Crippen LogP contribution is 2.30. The molecule has 0 bridgehead atoms. The lowest BCUT2D eigenvalue weighted by atomic mass is 10.1. The SMILES string of the molecule is Cc1nccc2c(NC(=O)NC3CN(Cc4cccc(C(F)(F)F)c4)C3)cccc12. The Balaban J connectivity index is 1.31. The molecule has 5 nitrogen and oxygen atoms in total. The molecular weight excluding hydrogens is 393 g/mol. The fourth-order valence-corrected chi connectivity index (χ4v) is 3.70. The lowest BCUT2D eigenvalue weighted by Crippen LogP contribution is -2.59. The van der Waals surface area contributed by atoms with Gasteiger partial charge in [0.15, 0.2) is 0 Å². The number of carbonyl (C=O) groups excluding carboxylic acids is 1. The largest absolute Gasteiger partial charge is 0.416 e. The van der Waals surface area contributed by atoms with Gasteiger partial charge in [-0.1, -0.05) is 30.3 Å². The van der Waals surface area contributed by atoms with Gasteiger partial charge in [0.05, 0.1) is 17.3 Å². The van der Waals surface area contributed by atoms with Gasteiger partial charge in [-0.15, -0.1) is 0 Å². The summed E-state index contributed by atoms with van der Waals surface area (Å²) in [6.07, 6.45) is -2.64. The number of halogens is 3. The molecule has 0 saturated carbocycles. The van der Waals surface area contributed by atoms with E-state index in [-0.39, 0.29) is 12.1 Å². The van der Waals surface area contributed by atoms with Crippen LogP contribution in [-0.4, -0.2) is 35.0 Å². The molecular formula is C22H21F3N4O. The lowest BCUT2D eigenvalue weighted by Gasteiger charge is -2.39. The highest BCUT2D eigenvalue weighted by atomic mass is 19.4. The summed E-state index contributed by atoms with van der Waals surface area (Å²) in [4.78, 5) is 18.6. The predicted molar refractivity (Wildman–Crippen MR) is 109 cm³/mol. The van der Waals surface area contributed by atoms with Crippen LogP contribution in [0.1, 0.15) is 16.8 Å². The summed E-state index contributed by atoms with van der Waals surface area (Å²) in [5.74, 6) is 0. The topological polar surface area (TPSA) is 57.3 Å². The van der Waals surface area contributed by atoms with E-state index in [1.54, 1.807) is 12.3 Å². The number of fused-ring (bicyclic) bond motifs is 1. The molecule has 0 unspecified atom stereocenters. The number of alkyl halides is 3. The molecule has 1 aliphatic rings. The molecule has 2 aromatic carbocycles. The van der Waals surface area contributed by atoms with Gasteiger partial charge >= 0.3 is 12.2 Å². The number of nitrogens with one attached hydrogen (secondary N) is 2. The van der Waals surface area contributed by atoms with Gasteiger partial charge in [0.2, 0.25) is 0 Å². The number of urea groups is 1. The zero-order valence-corrected chi connectivity index (χ0v) is 16.3. The van der Waals surface area contributed by atoms with Crippen LogP contribution in [0.2, 0.25) is 0 Å². The Morgan fingerprint density at radius 2 is 1.90 bits per heavy atom. The van der Waals surface area contributed by atoms with Crippen LogP contribution in [0.5, 0.6) is 0 Å². The first-order valence-electron chi connectivity index (χ1n) is 9.60. The molecule has 1 aromatic heterocycles. The molecule has 3 aromatic rings. The van der Waals surface area contributed by atoms with E-state index in [1.807, 2.05) is 36.1 Å². The normalized spacial score (nSPS) is 15.1. The monoisotopic (exact) mass is 414 g/mol. The van der Waals surface area contributed by atoms with Gasteiger partial charge in [-0.2, -0.15) is 13.2 Å². The fraction of sp³-hybridized carbons (Fsp3) is 0.273. The molecule has 2 N–H and O–H groups in total. The average molecular weight is 414 g/mol. The van der Waals surface area contributed by atoms with E-state index in [9.17, 15) is 18.0 Å². The quantitative estimate of drug-likeness (QED) is 0.658. The number of amides is 2. The summed E-state index contributed by atoms with van der Waals surface area (Å²) in [7, 11) is 0. The van der Waals surface area contributed by atoms with E-state index in [1.165, 1.54) is 12.1 Å². The number of benzene rings is 2. The van der Waals surface area contributed by atoms with Gasteiger partial charge in [0.25, 0.3) is 0 Å². The van der Waals surface area contributed by atoms with Crippen molar-refractivity contribution < 1.29 is 18.0 Å². The second-order valence-corrected chi connectivity index (χ2v) is 7.48. The van der Waals surface area contributed by atoms with E-state index in [4.69, 9.17) is 0 Å². The van der Waals surface area contributed by atoms with Crippen molar-refractivity contribution in [2.45, 2.75) is 25.7 Å². The Labute approximate surface area is 171 Å². The molecule has 30 heavy (non-hydrogen) atoms. The highest BCUT2D eigenvalue weighted by molar-refractivity contribution is 6.02. The number of nitrogens with zero attached hydrogens (tertiary/aromatic N) is 2. The number of carbonyl (C=O) groups is 1. The molecule has 2 heterocycles. The van der Waals surface area contributed by atoms with E-state index in [0.29, 0.717) is 30.9 Å². The van der Waals surface area contributed by atoms with Crippen LogP contribution in [0.25, 0.3) is 10.8 Å². The lowest BCUT2D eigenvalue weighted by molar-refractivity contribution is -0.137. The molecule has 1 aliphatic heterocycles. The Morgan fingerprint density at radius 3 is 2.67 bits per heavy atom. The third kappa shape index (κ3) is 4.38. The molecule has 1 saturated heterocycles. The minimum atomic E-state index is -4.34. The first-order valence-corrected chi connectivity index (χ1v) is 9.60. The summed E-state index contributed by atoms with van der Waals surface area (Å²) in [6, 6.07) is 12.5. The van der Waals surface area contributed by atoms with Crippen LogP contribution in [-0.2, 0) is 12.7 Å². The van der Waals surface area contributed by atoms with Crippen LogP contribution in [0.3, 0.4) is 0 Å². The molecule has 4 rings (SSSR count). The standard InChI is InChI=1S/C22H21F3N4O/c1-14-18-6-3-7-20(19(18)8-9-26-14)28-21(30)27-17-12-29(13-17)11-15-4-2-5-16(10-15)22(23,24)25/h2-10,17H,11-13H2,1H3,(H2,27,28,30). The minimum absolute atomic E-state index is 0.0471. The van der Waals surface area contributed by atoms with Gasteiger partial charge in [-0.25, -0.2) is 4.79 Å². The second-order valence-electron chi connectivity index (χ2n) is 7.48. The molecule has 0 radical (unpaired) electrons. The summed E-state index contributed by atoms with van der Waals surface area (Å²) in [5, 5.41) is 7.68. The first kappa shape index (κ1) is 20.2. The molecule has 2 amide bonds. The van der Waals surface area contributed by atoms with E-state index < -0.39 is 11.7 Å². The molecule has 0 spiro atoms. The van der Waals surface area contributed by atoms with Gasteiger partial charge in [0.1, 0.15) is 0 Å². The molecule has 0 atom stereocenters. The first-order chi connectivity index (χ1) is 14.3. The maximum atomic E-state index is 12.8. The zero-order chi connectivity index (χ0) is 21.3. The molecule has 0 aliphatic carbocycles. The van der Waals surface area contributed by atoms with Gasteiger partial charge in [-0.05, 0) is 30.7 Å². The van der Waals surface area contributed by atoms with Crippen LogP contribution < -0.4 is 10.6 Å². The summed E-state index contributed by atoms with van der Waals surface area (Å²) < 4.78 is 38.5. The fourth-order valence-electron chi connectivity index (χ4n) is 3.70. The Bertz CT molecular complexity index is 1080.